The number of benzene rings is 1. The molecule has 3 N–H and O–H groups in total. The fraction of sp³-hybridized carbons (Fsp3) is 0.500. The summed E-state index contributed by atoms with van der Waals surface area (Å²) in [6.07, 6.45) is 5.94. The minimum atomic E-state index is -0.816. The number of nitrogens with two attached hydrogens (primary N) is 1. The van der Waals surface area contributed by atoms with Gasteiger partial charge in [-0.25, -0.2) is 4.39 Å². The second kappa shape index (κ2) is 11.1. The Morgan fingerprint density at radius 3 is 2.48 bits per heavy atom. The number of amides is 2. The number of aromatic nitrogens is 2. The van der Waals surface area contributed by atoms with Gasteiger partial charge in [0.15, 0.2) is 11.6 Å². The summed E-state index contributed by atoms with van der Waals surface area (Å²) in [5.41, 5.74) is 6.11. The molecule has 0 aliphatic heterocycles. The third-order valence-electron chi connectivity index (χ3n) is 6.06. The zero-order valence-electron chi connectivity index (χ0n) is 19.1. The lowest BCUT2D eigenvalue weighted by atomic mass is 9.83. The van der Waals surface area contributed by atoms with E-state index in [1.165, 1.54) is 22.9 Å². The third-order valence-corrected chi connectivity index (χ3v) is 6.06. The van der Waals surface area contributed by atoms with Crippen LogP contribution in [-0.2, 0) is 16.1 Å². The topological polar surface area (TPSA) is 116 Å². The highest BCUT2D eigenvalue weighted by molar-refractivity contribution is 5.97. The molecule has 3 rings (SSSR count). The van der Waals surface area contributed by atoms with Crippen LogP contribution in [0.4, 0.5) is 10.1 Å². The van der Waals surface area contributed by atoms with Crippen LogP contribution < -0.4 is 15.8 Å². The van der Waals surface area contributed by atoms with E-state index in [2.05, 4.69) is 10.4 Å². The lowest BCUT2D eigenvalue weighted by molar-refractivity contribution is -0.134. The molecule has 1 unspecified atom stereocenters. The Labute approximate surface area is 192 Å². The van der Waals surface area contributed by atoms with Gasteiger partial charge in [-0.05, 0) is 43.9 Å². The normalized spacial score (nSPS) is 15.5. The van der Waals surface area contributed by atoms with E-state index in [1.54, 1.807) is 13.0 Å². The van der Waals surface area contributed by atoms with Crippen molar-refractivity contribution in [2.45, 2.75) is 71.3 Å². The minimum absolute atomic E-state index is 0.00223. The van der Waals surface area contributed by atoms with E-state index in [1.807, 2.05) is 6.92 Å². The molecule has 0 radical (unpaired) electrons. The molecule has 1 aromatic heterocycles. The predicted molar refractivity (Wildman–Crippen MR) is 121 cm³/mol. The van der Waals surface area contributed by atoms with Crippen molar-refractivity contribution in [2.24, 2.45) is 11.7 Å². The highest BCUT2D eigenvalue weighted by Gasteiger charge is 2.34. The Hall–Kier alpha value is -3.23. The van der Waals surface area contributed by atoms with Crippen LogP contribution in [0.25, 0.3) is 0 Å². The summed E-state index contributed by atoms with van der Waals surface area (Å²) >= 11 is 0. The number of carbonyl (C=O) groups is 3. The van der Waals surface area contributed by atoms with E-state index in [-0.39, 0.29) is 29.5 Å². The molecule has 1 saturated carbocycles. The maximum atomic E-state index is 15.0. The first-order chi connectivity index (χ1) is 15.8. The van der Waals surface area contributed by atoms with Crippen LogP contribution in [0.1, 0.15) is 80.9 Å². The number of ether oxygens (including phenoxy) is 1. The molecular weight excluding hydrogens is 427 g/mol. The molecule has 9 heteroatoms. The van der Waals surface area contributed by atoms with Crippen LogP contribution in [0.3, 0.4) is 0 Å². The van der Waals surface area contributed by atoms with Gasteiger partial charge in [0, 0.05) is 13.0 Å². The monoisotopic (exact) mass is 458 g/mol. The Bertz CT molecular complexity index is 1010. The Morgan fingerprint density at radius 2 is 1.91 bits per heavy atom. The molecule has 33 heavy (non-hydrogen) atoms. The van der Waals surface area contributed by atoms with E-state index in [4.69, 9.17) is 10.5 Å². The van der Waals surface area contributed by atoms with Crippen molar-refractivity contribution >= 4 is 23.5 Å². The van der Waals surface area contributed by atoms with Gasteiger partial charge >= 0.3 is 5.97 Å². The largest absolute Gasteiger partial charge is 0.423 e. The minimum Gasteiger partial charge on any atom is -0.423 e. The van der Waals surface area contributed by atoms with E-state index in [0.29, 0.717) is 12.2 Å². The SMILES string of the molecule is CCC(=O)Oc1cccc(NC(=O)C(c2cc(C(N)=O)n(CC)n2)C2CCCCCC2)c1F. The van der Waals surface area contributed by atoms with Crippen molar-refractivity contribution < 1.29 is 23.5 Å². The number of halogens is 1. The van der Waals surface area contributed by atoms with Crippen molar-refractivity contribution in [3.63, 3.8) is 0 Å². The zero-order chi connectivity index (χ0) is 24.0. The molecule has 1 heterocycles. The molecule has 1 aliphatic carbocycles. The summed E-state index contributed by atoms with van der Waals surface area (Å²) in [5, 5.41) is 7.16. The first kappa shape index (κ1) is 24.4. The molecule has 1 fully saturated rings. The van der Waals surface area contributed by atoms with Gasteiger partial charge < -0.3 is 15.8 Å². The summed E-state index contributed by atoms with van der Waals surface area (Å²) in [5.74, 6) is -3.34. The van der Waals surface area contributed by atoms with Crippen molar-refractivity contribution in [1.82, 2.24) is 9.78 Å². The van der Waals surface area contributed by atoms with Gasteiger partial charge in [0.05, 0.1) is 17.3 Å². The molecule has 2 amide bonds. The van der Waals surface area contributed by atoms with Crippen LogP contribution >= 0.6 is 0 Å². The smallest absolute Gasteiger partial charge is 0.310 e. The van der Waals surface area contributed by atoms with Gasteiger partial charge in [0.2, 0.25) is 5.91 Å². The first-order valence-corrected chi connectivity index (χ1v) is 11.5. The van der Waals surface area contributed by atoms with E-state index >= 15 is 0 Å². The predicted octanol–water partition coefficient (Wildman–Crippen LogP) is 4.15. The molecule has 0 saturated heterocycles. The van der Waals surface area contributed by atoms with Gasteiger partial charge in [-0.3, -0.25) is 19.1 Å². The van der Waals surface area contributed by atoms with E-state index in [0.717, 1.165) is 38.5 Å². The number of carbonyl (C=O) groups excluding carboxylic acids is 3. The standard InChI is InChI=1S/C24H31FN4O4/c1-3-20(30)33-19-13-9-12-16(22(19)25)27-24(32)21(15-10-7-5-6-8-11-15)17-14-18(23(26)31)29(4-2)28-17/h9,12-15,21H,3-8,10-11H2,1-2H3,(H2,26,31)(H,27,32). The van der Waals surface area contributed by atoms with Crippen molar-refractivity contribution in [3.8, 4) is 5.75 Å². The molecule has 8 nitrogen and oxygen atoms in total. The van der Waals surface area contributed by atoms with Crippen molar-refractivity contribution in [1.29, 1.82) is 0 Å². The second-order valence-electron chi connectivity index (χ2n) is 8.30. The van der Waals surface area contributed by atoms with Crippen molar-refractivity contribution in [2.75, 3.05) is 5.32 Å². The maximum Gasteiger partial charge on any atom is 0.310 e. The summed E-state index contributed by atoms with van der Waals surface area (Å²) in [4.78, 5) is 37.0. The molecule has 2 aromatic rings. The summed E-state index contributed by atoms with van der Waals surface area (Å²) < 4.78 is 21.5. The van der Waals surface area contributed by atoms with Crippen LogP contribution in [0, 0.1) is 11.7 Å². The van der Waals surface area contributed by atoms with E-state index < -0.39 is 29.5 Å². The quantitative estimate of drug-likeness (QED) is 0.350. The number of nitrogens with one attached hydrogen (secondary N) is 1. The van der Waals surface area contributed by atoms with Gasteiger partial charge in [0.1, 0.15) is 5.69 Å². The first-order valence-electron chi connectivity index (χ1n) is 11.5. The summed E-state index contributed by atoms with van der Waals surface area (Å²) in [7, 11) is 0. The zero-order valence-corrected chi connectivity index (χ0v) is 19.1. The second-order valence-corrected chi connectivity index (χ2v) is 8.30. The average molecular weight is 459 g/mol. The van der Waals surface area contributed by atoms with Gasteiger partial charge in [-0.2, -0.15) is 5.10 Å². The maximum absolute atomic E-state index is 15.0. The number of hydrogen-bond donors (Lipinski definition) is 2. The Kier molecular flexibility index (Phi) is 8.19. The number of hydrogen-bond acceptors (Lipinski definition) is 5. The molecule has 1 atom stereocenters. The number of aryl methyl sites for hydroxylation is 1. The van der Waals surface area contributed by atoms with Crippen LogP contribution in [0.5, 0.6) is 5.75 Å². The number of esters is 1. The molecule has 1 aliphatic rings. The third kappa shape index (κ3) is 5.77. The molecule has 178 valence electrons. The number of anilines is 1. The van der Waals surface area contributed by atoms with E-state index in [9.17, 15) is 18.8 Å². The molecule has 0 bridgehead atoms. The molecule has 0 spiro atoms. The van der Waals surface area contributed by atoms with Crippen LogP contribution in [-0.4, -0.2) is 27.6 Å². The van der Waals surface area contributed by atoms with Crippen molar-refractivity contribution in [3.05, 3.63) is 41.5 Å². The van der Waals surface area contributed by atoms with Crippen LogP contribution in [0.15, 0.2) is 24.3 Å². The average Bonchev–Trinajstić information content (AvgIpc) is 3.04. The fourth-order valence-corrected chi connectivity index (χ4v) is 4.35. The summed E-state index contributed by atoms with van der Waals surface area (Å²) in [6, 6.07) is 5.83. The lowest BCUT2D eigenvalue weighted by Crippen LogP contribution is -2.28. The number of rotatable bonds is 8. The molecular formula is C24H31FN4O4. The Morgan fingerprint density at radius 1 is 1.21 bits per heavy atom. The number of nitrogens with zero attached hydrogens (tertiary/aromatic N) is 2. The highest BCUT2D eigenvalue weighted by atomic mass is 19.1. The van der Waals surface area contributed by atoms with Gasteiger partial charge in [-0.1, -0.05) is 38.7 Å². The Balaban J connectivity index is 1.94. The fourth-order valence-electron chi connectivity index (χ4n) is 4.35. The molecule has 1 aromatic carbocycles. The highest BCUT2D eigenvalue weighted by Crippen LogP contribution is 2.36. The lowest BCUT2D eigenvalue weighted by Gasteiger charge is -2.24. The number of primary amides is 1. The van der Waals surface area contributed by atoms with Gasteiger partial charge in [0.25, 0.3) is 5.91 Å². The van der Waals surface area contributed by atoms with Crippen LogP contribution in [0.2, 0.25) is 0 Å². The van der Waals surface area contributed by atoms with Gasteiger partial charge in [-0.15, -0.1) is 0 Å². The summed E-state index contributed by atoms with van der Waals surface area (Å²) in [6.45, 7) is 3.87.